The maximum atomic E-state index is 13.8. The molecule has 0 radical (unpaired) electrons. The van der Waals surface area contributed by atoms with E-state index in [4.69, 9.17) is 4.74 Å². The van der Waals surface area contributed by atoms with Crippen LogP contribution in [0.1, 0.15) is 17.4 Å². The first kappa shape index (κ1) is 23.6. The van der Waals surface area contributed by atoms with Crippen molar-refractivity contribution in [2.75, 3.05) is 24.4 Å². The third-order valence-corrected chi connectivity index (χ3v) is 6.53. The van der Waals surface area contributed by atoms with Crippen molar-refractivity contribution in [1.29, 1.82) is 0 Å². The number of ether oxygens (including phenoxy) is 1. The highest BCUT2D eigenvalue weighted by Crippen LogP contribution is 2.22. The normalized spacial score (nSPS) is 12.6. The molecule has 11 heteroatoms. The van der Waals surface area contributed by atoms with Crippen molar-refractivity contribution in [3.63, 3.8) is 0 Å². The summed E-state index contributed by atoms with van der Waals surface area (Å²) in [7, 11) is -4.16. The predicted octanol–water partition coefficient (Wildman–Crippen LogP) is 2.91. The maximum Gasteiger partial charge on any atom is 0.266 e. The number of benzene rings is 2. The van der Waals surface area contributed by atoms with Crippen LogP contribution in [0.2, 0.25) is 0 Å². The first-order chi connectivity index (χ1) is 16.3. The summed E-state index contributed by atoms with van der Waals surface area (Å²) in [5, 5.41) is 21.8. The number of pyridine rings is 1. The lowest BCUT2D eigenvalue weighted by Gasteiger charge is -2.15. The van der Waals surface area contributed by atoms with Crippen molar-refractivity contribution >= 4 is 26.6 Å². The van der Waals surface area contributed by atoms with Gasteiger partial charge in [-0.1, -0.05) is 12.1 Å². The quantitative estimate of drug-likeness (QED) is 0.201. The smallest absolute Gasteiger partial charge is 0.266 e. The second-order valence-corrected chi connectivity index (χ2v) is 9.27. The van der Waals surface area contributed by atoms with E-state index < -0.39 is 27.0 Å². The SMILES string of the molecule is Cc1[nH]nc2cc(OCCNC[C@H](O)c3cccc(NS(=O)(=O)c4cccnc4F)c3)ccc12. The second kappa shape index (κ2) is 10.2. The van der Waals surface area contributed by atoms with Crippen LogP contribution in [0.4, 0.5) is 10.1 Å². The summed E-state index contributed by atoms with van der Waals surface area (Å²) in [6.45, 7) is 3.06. The monoisotopic (exact) mass is 485 g/mol. The molecule has 0 spiro atoms. The molecular formula is C23H24FN5O4S. The molecule has 0 aliphatic rings. The van der Waals surface area contributed by atoms with Gasteiger partial charge in [0, 0.05) is 42.1 Å². The highest BCUT2D eigenvalue weighted by atomic mass is 32.2. The van der Waals surface area contributed by atoms with Gasteiger partial charge in [0.05, 0.1) is 11.6 Å². The zero-order valence-corrected chi connectivity index (χ0v) is 19.1. The van der Waals surface area contributed by atoms with Crippen molar-refractivity contribution < 1.29 is 22.7 Å². The van der Waals surface area contributed by atoms with Crippen LogP contribution in [0.15, 0.2) is 65.7 Å². The van der Waals surface area contributed by atoms with E-state index in [1.54, 1.807) is 12.1 Å². The fourth-order valence-electron chi connectivity index (χ4n) is 3.40. The van der Waals surface area contributed by atoms with Gasteiger partial charge in [0.15, 0.2) is 0 Å². The van der Waals surface area contributed by atoms with E-state index in [1.807, 2.05) is 25.1 Å². The van der Waals surface area contributed by atoms with E-state index in [2.05, 4.69) is 25.2 Å². The van der Waals surface area contributed by atoms with Gasteiger partial charge in [-0.2, -0.15) is 9.49 Å². The molecule has 0 saturated heterocycles. The first-order valence-corrected chi connectivity index (χ1v) is 12.0. The summed E-state index contributed by atoms with van der Waals surface area (Å²) in [5.41, 5.74) is 2.53. The minimum atomic E-state index is -4.16. The van der Waals surface area contributed by atoms with Gasteiger partial charge in [-0.15, -0.1) is 0 Å². The molecule has 4 rings (SSSR count). The van der Waals surface area contributed by atoms with E-state index in [9.17, 15) is 17.9 Å². The molecule has 9 nitrogen and oxygen atoms in total. The Kier molecular flexibility index (Phi) is 7.06. The van der Waals surface area contributed by atoms with Crippen molar-refractivity contribution in [1.82, 2.24) is 20.5 Å². The molecule has 2 aromatic carbocycles. The highest BCUT2D eigenvalue weighted by Gasteiger charge is 2.20. The summed E-state index contributed by atoms with van der Waals surface area (Å²) >= 11 is 0. The lowest BCUT2D eigenvalue weighted by molar-refractivity contribution is 0.172. The topological polar surface area (TPSA) is 129 Å². The Morgan fingerprint density at radius 3 is 2.85 bits per heavy atom. The highest BCUT2D eigenvalue weighted by molar-refractivity contribution is 7.92. The van der Waals surface area contributed by atoms with Gasteiger partial charge in [-0.25, -0.2) is 13.4 Å². The van der Waals surface area contributed by atoms with Crippen molar-refractivity contribution in [2.45, 2.75) is 17.9 Å². The van der Waals surface area contributed by atoms with E-state index in [0.717, 1.165) is 22.7 Å². The Morgan fingerprint density at radius 1 is 1.18 bits per heavy atom. The van der Waals surface area contributed by atoms with Gasteiger partial charge in [0.2, 0.25) is 5.95 Å². The summed E-state index contributed by atoms with van der Waals surface area (Å²) in [6.07, 6.45) is 0.282. The molecule has 0 aliphatic heterocycles. The first-order valence-electron chi connectivity index (χ1n) is 10.5. The predicted molar refractivity (Wildman–Crippen MR) is 126 cm³/mol. The number of hydrogen-bond acceptors (Lipinski definition) is 7. The number of anilines is 1. The van der Waals surface area contributed by atoms with Gasteiger partial charge < -0.3 is 15.2 Å². The number of nitrogens with zero attached hydrogens (tertiary/aromatic N) is 2. The molecule has 0 fully saturated rings. The molecule has 2 aromatic heterocycles. The third kappa shape index (κ3) is 5.50. The molecule has 0 unspecified atom stereocenters. The third-order valence-electron chi connectivity index (χ3n) is 5.14. The minimum absolute atomic E-state index is 0.201. The number of hydrogen-bond donors (Lipinski definition) is 4. The van der Waals surface area contributed by atoms with Gasteiger partial charge in [0.1, 0.15) is 17.3 Å². The number of halogens is 1. The maximum absolute atomic E-state index is 13.8. The molecule has 0 bridgehead atoms. The largest absolute Gasteiger partial charge is 0.492 e. The van der Waals surface area contributed by atoms with E-state index in [-0.39, 0.29) is 12.2 Å². The zero-order chi connectivity index (χ0) is 24.1. The molecule has 34 heavy (non-hydrogen) atoms. The minimum Gasteiger partial charge on any atom is -0.492 e. The number of aryl methyl sites for hydroxylation is 1. The Hall–Kier alpha value is -3.54. The van der Waals surface area contributed by atoms with Crippen LogP contribution in [0.25, 0.3) is 10.9 Å². The lowest BCUT2D eigenvalue weighted by Crippen LogP contribution is -2.26. The van der Waals surface area contributed by atoms with Gasteiger partial charge in [0.25, 0.3) is 10.0 Å². The van der Waals surface area contributed by atoms with Gasteiger partial charge in [-0.05, 0) is 48.9 Å². The van der Waals surface area contributed by atoms with Crippen LogP contribution in [0.3, 0.4) is 0 Å². The number of aliphatic hydroxyl groups excluding tert-OH is 1. The Labute approximate surface area is 196 Å². The van der Waals surface area contributed by atoms with Crippen LogP contribution in [-0.4, -0.2) is 48.4 Å². The average molecular weight is 486 g/mol. The van der Waals surface area contributed by atoms with Gasteiger partial charge in [-0.3, -0.25) is 9.82 Å². The van der Waals surface area contributed by atoms with Crippen LogP contribution >= 0.6 is 0 Å². The Morgan fingerprint density at radius 2 is 2.03 bits per heavy atom. The van der Waals surface area contributed by atoms with Crippen LogP contribution in [0.5, 0.6) is 5.75 Å². The fraction of sp³-hybridized carbons (Fsp3) is 0.217. The molecule has 0 amide bonds. The molecule has 0 aliphatic carbocycles. The van der Waals surface area contributed by atoms with Gasteiger partial charge >= 0.3 is 0 Å². The molecule has 1 atom stereocenters. The molecule has 0 saturated carbocycles. The molecule has 178 valence electrons. The van der Waals surface area contributed by atoms with Crippen LogP contribution in [-0.2, 0) is 10.0 Å². The number of nitrogens with one attached hydrogen (secondary N) is 3. The molecule has 4 aromatic rings. The van der Waals surface area contributed by atoms with Crippen molar-refractivity contribution in [3.05, 3.63) is 78.0 Å². The number of rotatable bonds is 10. The summed E-state index contributed by atoms with van der Waals surface area (Å²) in [4.78, 5) is 2.81. The average Bonchev–Trinajstić information content (AvgIpc) is 3.19. The van der Waals surface area contributed by atoms with E-state index in [1.165, 1.54) is 24.4 Å². The number of aromatic amines is 1. The summed E-state index contributed by atoms with van der Waals surface area (Å²) in [5.74, 6) is -0.386. The molecule has 4 N–H and O–H groups in total. The zero-order valence-electron chi connectivity index (χ0n) is 18.3. The molecular weight excluding hydrogens is 461 g/mol. The number of H-pyrrole nitrogens is 1. The summed E-state index contributed by atoms with van der Waals surface area (Å²) < 4.78 is 46.7. The van der Waals surface area contributed by atoms with Crippen molar-refractivity contribution in [2.24, 2.45) is 0 Å². The van der Waals surface area contributed by atoms with E-state index >= 15 is 0 Å². The number of aliphatic hydroxyl groups is 1. The molecule has 2 heterocycles. The van der Waals surface area contributed by atoms with E-state index in [0.29, 0.717) is 24.5 Å². The Bertz CT molecular complexity index is 1390. The number of fused-ring (bicyclic) bond motifs is 1. The second-order valence-electron chi connectivity index (χ2n) is 7.62. The van der Waals surface area contributed by atoms with Crippen LogP contribution < -0.4 is 14.8 Å². The lowest BCUT2D eigenvalue weighted by atomic mass is 10.1. The standard InChI is InChI=1S/C23H24FN5O4S/c1-15-19-8-7-18(13-20(19)28-27-15)33-11-10-25-14-21(30)16-4-2-5-17(12-16)29-34(31,32)22-6-3-9-26-23(22)24/h2-9,12-13,21,25,29-30H,10-11,14H2,1H3,(H,27,28)/t21-/m0/s1. The van der Waals surface area contributed by atoms with Crippen molar-refractivity contribution in [3.8, 4) is 5.75 Å². The number of aromatic nitrogens is 3. The summed E-state index contributed by atoms with van der Waals surface area (Å²) in [6, 6.07) is 14.4. The number of sulfonamides is 1. The van der Waals surface area contributed by atoms with Crippen LogP contribution in [0, 0.1) is 12.9 Å². The Balaban J connectivity index is 1.28. The fourth-order valence-corrected chi connectivity index (χ4v) is 4.48.